The molecule has 0 heterocycles. The van der Waals surface area contributed by atoms with E-state index in [0.717, 1.165) is 4.31 Å². The Kier molecular flexibility index (Phi) is 5.25. The summed E-state index contributed by atoms with van der Waals surface area (Å²) in [6.07, 6.45) is 0. The maximum atomic E-state index is 12.2. The zero-order valence-corrected chi connectivity index (χ0v) is 14.1. The van der Waals surface area contributed by atoms with Gasteiger partial charge in [-0.3, -0.25) is 0 Å². The Balaban J connectivity index is 3.30. The molecule has 0 saturated carbocycles. The summed E-state index contributed by atoms with van der Waals surface area (Å²) >= 11 is 0. The first-order chi connectivity index (χ1) is 9.49. The first-order valence-corrected chi connectivity index (χ1v) is 8.22. The van der Waals surface area contributed by atoms with Crippen LogP contribution in [0.3, 0.4) is 0 Å². The van der Waals surface area contributed by atoms with E-state index in [1.807, 2.05) is 11.8 Å². The van der Waals surface area contributed by atoms with Crippen molar-refractivity contribution in [3.05, 3.63) is 18.2 Å². The third-order valence-corrected chi connectivity index (χ3v) is 4.89. The van der Waals surface area contributed by atoms with Gasteiger partial charge in [0.2, 0.25) is 10.0 Å². The van der Waals surface area contributed by atoms with Crippen LogP contribution in [0, 0.1) is 0 Å². The molecule has 1 rings (SSSR count). The van der Waals surface area contributed by atoms with E-state index < -0.39 is 15.6 Å². The Morgan fingerprint density at radius 1 is 1.29 bits per heavy atom. The van der Waals surface area contributed by atoms with Gasteiger partial charge in [-0.2, -0.15) is 0 Å². The third kappa shape index (κ3) is 4.33. The summed E-state index contributed by atoms with van der Waals surface area (Å²) in [7, 11) is -0.541. The molecule has 0 fully saturated rings. The monoisotopic (exact) mass is 315 g/mol. The van der Waals surface area contributed by atoms with Crippen molar-refractivity contribution < 1.29 is 13.5 Å². The van der Waals surface area contributed by atoms with Crippen LogP contribution in [0.2, 0.25) is 0 Å². The van der Waals surface area contributed by atoms with Crippen LogP contribution in [-0.4, -0.2) is 50.6 Å². The van der Waals surface area contributed by atoms with Crippen LogP contribution in [-0.2, 0) is 10.0 Å². The molecular weight excluding hydrogens is 290 g/mol. The van der Waals surface area contributed by atoms with Gasteiger partial charge in [0, 0.05) is 27.2 Å². The summed E-state index contributed by atoms with van der Waals surface area (Å²) in [5.74, 6) is 0. The highest BCUT2D eigenvalue weighted by Crippen LogP contribution is 2.28. The molecule has 120 valence electrons. The lowest BCUT2D eigenvalue weighted by molar-refractivity contribution is 0.0876. The number of likely N-dealkylation sites (N-methyl/N-ethyl adjacent to an activating group) is 1. The average molecular weight is 315 g/mol. The standard InChI is InChI=1S/C14H25N3O3S/c1-6-17(10-14(2,3)18)13-9-11(7-8-12(13)15)21(19,20)16(4)5/h7-9,18H,6,10,15H2,1-5H3. The van der Waals surface area contributed by atoms with Gasteiger partial charge in [0.15, 0.2) is 0 Å². The highest BCUT2D eigenvalue weighted by atomic mass is 32.2. The van der Waals surface area contributed by atoms with Gasteiger partial charge in [0.1, 0.15) is 0 Å². The summed E-state index contributed by atoms with van der Waals surface area (Å²) in [6, 6.07) is 4.63. The van der Waals surface area contributed by atoms with Crippen molar-refractivity contribution >= 4 is 21.4 Å². The van der Waals surface area contributed by atoms with E-state index in [1.165, 1.54) is 20.2 Å². The highest BCUT2D eigenvalue weighted by molar-refractivity contribution is 7.89. The molecule has 0 unspecified atom stereocenters. The summed E-state index contributed by atoms with van der Waals surface area (Å²) in [4.78, 5) is 2.05. The number of benzene rings is 1. The minimum atomic E-state index is -3.51. The van der Waals surface area contributed by atoms with Crippen LogP contribution in [0.1, 0.15) is 20.8 Å². The van der Waals surface area contributed by atoms with Gasteiger partial charge in [0.05, 0.1) is 21.9 Å². The van der Waals surface area contributed by atoms with Crippen LogP contribution in [0.25, 0.3) is 0 Å². The Bertz CT molecular complexity index is 592. The lowest BCUT2D eigenvalue weighted by atomic mass is 10.1. The number of rotatable bonds is 6. The molecule has 0 aliphatic rings. The second kappa shape index (κ2) is 6.21. The zero-order valence-electron chi connectivity index (χ0n) is 13.3. The number of sulfonamides is 1. The van der Waals surface area contributed by atoms with E-state index in [0.29, 0.717) is 24.5 Å². The molecule has 3 N–H and O–H groups in total. The third-order valence-electron chi connectivity index (χ3n) is 3.08. The Hall–Kier alpha value is -1.31. The van der Waals surface area contributed by atoms with Crippen molar-refractivity contribution in [2.24, 2.45) is 0 Å². The largest absolute Gasteiger partial charge is 0.397 e. The predicted molar refractivity (Wildman–Crippen MR) is 85.9 cm³/mol. The molecule has 0 aliphatic heterocycles. The SMILES string of the molecule is CCN(CC(C)(C)O)c1cc(S(=O)(=O)N(C)C)ccc1N. The number of nitrogens with two attached hydrogens (primary N) is 1. The smallest absolute Gasteiger partial charge is 0.242 e. The predicted octanol–water partition coefficient (Wildman–Crippen LogP) is 1.12. The Morgan fingerprint density at radius 3 is 2.29 bits per heavy atom. The molecule has 1 aromatic rings. The number of hydrogen-bond acceptors (Lipinski definition) is 5. The number of anilines is 2. The molecule has 7 heteroatoms. The van der Waals surface area contributed by atoms with Gasteiger partial charge in [-0.1, -0.05) is 0 Å². The van der Waals surface area contributed by atoms with Gasteiger partial charge in [0.25, 0.3) is 0 Å². The molecule has 0 radical (unpaired) electrons. The number of aliphatic hydroxyl groups is 1. The van der Waals surface area contributed by atoms with Gasteiger partial charge < -0.3 is 15.7 Å². The molecule has 6 nitrogen and oxygen atoms in total. The van der Waals surface area contributed by atoms with Gasteiger partial charge >= 0.3 is 0 Å². The maximum absolute atomic E-state index is 12.2. The number of nitrogens with zero attached hydrogens (tertiary/aromatic N) is 2. The van der Waals surface area contributed by atoms with Crippen LogP contribution in [0.15, 0.2) is 23.1 Å². The first kappa shape index (κ1) is 17.7. The molecule has 0 aromatic heterocycles. The van der Waals surface area contributed by atoms with Crippen LogP contribution >= 0.6 is 0 Å². The fourth-order valence-corrected chi connectivity index (χ4v) is 2.93. The molecule has 0 amide bonds. The second-order valence-corrected chi connectivity index (χ2v) is 7.99. The van der Waals surface area contributed by atoms with E-state index in [9.17, 15) is 13.5 Å². The number of nitrogen functional groups attached to an aromatic ring is 1. The normalized spacial score (nSPS) is 12.7. The summed E-state index contributed by atoms with van der Waals surface area (Å²) in [6.45, 7) is 6.30. The number of hydrogen-bond donors (Lipinski definition) is 2. The van der Waals surface area contributed by atoms with E-state index >= 15 is 0 Å². The van der Waals surface area contributed by atoms with Crippen LogP contribution in [0.5, 0.6) is 0 Å². The van der Waals surface area contributed by atoms with E-state index in [4.69, 9.17) is 5.73 Å². The minimum absolute atomic E-state index is 0.186. The average Bonchev–Trinajstić information content (AvgIpc) is 2.35. The van der Waals surface area contributed by atoms with Crippen molar-refractivity contribution in [1.29, 1.82) is 0 Å². The van der Waals surface area contributed by atoms with Crippen molar-refractivity contribution in [2.75, 3.05) is 37.8 Å². The van der Waals surface area contributed by atoms with Gasteiger partial charge in [-0.25, -0.2) is 12.7 Å². The van der Waals surface area contributed by atoms with Crippen molar-refractivity contribution in [1.82, 2.24) is 4.31 Å². The van der Waals surface area contributed by atoms with E-state index in [-0.39, 0.29) is 4.90 Å². The van der Waals surface area contributed by atoms with Crippen LogP contribution in [0.4, 0.5) is 11.4 Å². The maximum Gasteiger partial charge on any atom is 0.242 e. The fraction of sp³-hybridized carbons (Fsp3) is 0.571. The van der Waals surface area contributed by atoms with E-state index in [2.05, 4.69) is 0 Å². The van der Waals surface area contributed by atoms with Crippen LogP contribution < -0.4 is 10.6 Å². The topological polar surface area (TPSA) is 86.9 Å². The molecule has 0 spiro atoms. The quantitative estimate of drug-likeness (QED) is 0.768. The molecule has 0 aliphatic carbocycles. The lowest BCUT2D eigenvalue weighted by Gasteiger charge is -2.31. The summed E-state index contributed by atoms with van der Waals surface area (Å²) in [5.41, 5.74) is 6.17. The van der Waals surface area contributed by atoms with Crippen molar-refractivity contribution in [3.63, 3.8) is 0 Å². The first-order valence-electron chi connectivity index (χ1n) is 6.78. The highest BCUT2D eigenvalue weighted by Gasteiger charge is 2.22. The summed E-state index contributed by atoms with van der Waals surface area (Å²) < 4.78 is 25.6. The molecule has 21 heavy (non-hydrogen) atoms. The lowest BCUT2D eigenvalue weighted by Crippen LogP contribution is -2.39. The zero-order chi connectivity index (χ0) is 16.4. The minimum Gasteiger partial charge on any atom is -0.397 e. The summed E-state index contributed by atoms with van der Waals surface area (Å²) in [5, 5.41) is 9.98. The molecule has 0 atom stereocenters. The molecule has 0 saturated heterocycles. The van der Waals surface area contributed by atoms with E-state index in [1.54, 1.807) is 26.0 Å². The molecule has 0 bridgehead atoms. The molecule has 1 aromatic carbocycles. The Morgan fingerprint density at radius 2 is 1.86 bits per heavy atom. The molecular formula is C14H25N3O3S. The Labute approximate surface area is 127 Å². The van der Waals surface area contributed by atoms with Gasteiger partial charge in [-0.05, 0) is 39.0 Å². The van der Waals surface area contributed by atoms with Gasteiger partial charge in [-0.15, -0.1) is 0 Å². The van der Waals surface area contributed by atoms with Crippen molar-refractivity contribution in [2.45, 2.75) is 31.3 Å². The fourth-order valence-electron chi connectivity index (χ4n) is 2.00. The second-order valence-electron chi connectivity index (χ2n) is 5.83. The van der Waals surface area contributed by atoms with Crippen molar-refractivity contribution in [3.8, 4) is 0 Å².